The van der Waals surface area contributed by atoms with E-state index in [1.807, 2.05) is 0 Å². The summed E-state index contributed by atoms with van der Waals surface area (Å²) in [4.78, 5) is 0. The third kappa shape index (κ3) is 2.68. The number of hydrogen-bond donors (Lipinski definition) is 0. The van der Waals surface area contributed by atoms with Crippen molar-refractivity contribution in [3.05, 3.63) is 28.8 Å². The zero-order valence-electron chi connectivity index (χ0n) is 7.68. The second-order valence-electron chi connectivity index (χ2n) is 3.01. The summed E-state index contributed by atoms with van der Waals surface area (Å²) in [6.07, 6.45) is -10.5. The number of rotatable bonds is 0. The van der Waals surface area contributed by atoms with Gasteiger partial charge in [-0.1, -0.05) is 0 Å². The van der Waals surface area contributed by atoms with Gasteiger partial charge in [0.15, 0.2) is 11.6 Å². The summed E-state index contributed by atoms with van der Waals surface area (Å²) in [6, 6.07) is -0.105. The summed E-state index contributed by atoms with van der Waals surface area (Å²) in [7, 11) is 1.30. The lowest BCUT2D eigenvalue weighted by Gasteiger charge is -2.15. The first-order valence-corrected chi connectivity index (χ1v) is 4.46. The van der Waals surface area contributed by atoms with Gasteiger partial charge in [0.05, 0.1) is 5.56 Å². The second kappa shape index (κ2) is 4.08. The van der Waals surface area contributed by atoms with Crippen molar-refractivity contribution in [2.45, 2.75) is 12.4 Å². The quantitative estimate of drug-likeness (QED) is 0.504. The molecule has 1 aromatic carbocycles. The minimum absolute atomic E-state index is 0.105. The van der Waals surface area contributed by atoms with Gasteiger partial charge in [-0.05, 0) is 11.4 Å². The van der Waals surface area contributed by atoms with Crippen molar-refractivity contribution >= 4 is 14.5 Å². The lowest BCUT2D eigenvalue weighted by atomic mass is 10.1. The Bertz CT molecular complexity index is 444. The molecule has 0 aliphatic heterocycles. The summed E-state index contributed by atoms with van der Waals surface area (Å²) < 4.78 is 98.9. The summed E-state index contributed by atoms with van der Waals surface area (Å²) in [5, 5.41) is -1.11. The van der Waals surface area contributed by atoms with E-state index in [0.29, 0.717) is 0 Å². The predicted molar refractivity (Wildman–Crippen MR) is 45.7 cm³/mol. The highest BCUT2D eigenvalue weighted by molar-refractivity contribution is 7.27. The SMILES string of the molecule is Fc1c(C(F)(F)F)cc(P)c(C(F)(F)F)c1F. The number of alkyl halides is 6. The van der Waals surface area contributed by atoms with E-state index < -0.39 is 40.4 Å². The molecule has 0 bridgehead atoms. The normalized spacial score (nSPS) is 13.0. The Kier molecular flexibility index (Phi) is 3.40. The Hall–Kier alpha value is -0.910. The highest BCUT2D eigenvalue weighted by Crippen LogP contribution is 2.37. The van der Waals surface area contributed by atoms with Gasteiger partial charge in [-0.3, -0.25) is 0 Å². The van der Waals surface area contributed by atoms with Gasteiger partial charge < -0.3 is 0 Å². The van der Waals surface area contributed by atoms with Crippen molar-refractivity contribution in [1.82, 2.24) is 0 Å². The first kappa shape index (κ1) is 14.2. The molecule has 0 aromatic heterocycles. The Morgan fingerprint density at radius 1 is 0.824 bits per heavy atom. The van der Waals surface area contributed by atoms with Crippen molar-refractivity contribution < 1.29 is 35.1 Å². The fourth-order valence-corrected chi connectivity index (χ4v) is 1.60. The molecule has 0 heterocycles. The van der Waals surface area contributed by atoms with Crippen molar-refractivity contribution in [1.29, 1.82) is 0 Å². The maximum atomic E-state index is 12.9. The molecule has 96 valence electrons. The Balaban J connectivity index is 3.60. The Labute approximate surface area is 91.8 Å². The van der Waals surface area contributed by atoms with Crippen LogP contribution < -0.4 is 5.30 Å². The molecule has 1 unspecified atom stereocenters. The van der Waals surface area contributed by atoms with E-state index in [1.54, 1.807) is 0 Å². The summed E-state index contributed by atoms with van der Waals surface area (Å²) >= 11 is 0. The van der Waals surface area contributed by atoms with Crippen LogP contribution in [-0.2, 0) is 12.4 Å². The lowest BCUT2D eigenvalue weighted by Crippen LogP contribution is -2.23. The van der Waals surface area contributed by atoms with E-state index in [4.69, 9.17) is 0 Å². The first-order valence-electron chi connectivity index (χ1n) is 3.88. The van der Waals surface area contributed by atoms with Gasteiger partial charge in [-0.25, -0.2) is 8.78 Å². The fourth-order valence-electron chi connectivity index (χ4n) is 1.14. The maximum absolute atomic E-state index is 12.9. The number of benzene rings is 1. The van der Waals surface area contributed by atoms with Gasteiger partial charge in [0, 0.05) is 0 Å². The monoisotopic (exact) mass is 282 g/mol. The molecule has 1 atom stereocenters. The average Bonchev–Trinajstić information content (AvgIpc) is 2.07. The zero-order chi connectivity index (χ0) is 13.6. The summed E-state index contributed by atoms with van der Waals surface area (Å²) in [6.45, 7) is 0. The summed E-state index contributed by atoms with van der Waals surface area (Å²) in [5.74, 6) is -5.12. The molecule has 0 radical (unpaired) electrons. The van der Waals surface area contributed by atoms with Crippen molar-refractivity contribution in [3.63, 3.8) is 0 Å². The van der Waals surface area contributed by atoms with Crippen LogP contribution in [0.3, 0.4) is 0 Å². The molecule has 0 saturated heterocycles. The lowest BCUT2D eigenvalue weighted by molar-refractivity contribution is -0.144. The Morgan fingerprint density at radius 2 is 1.29 bits per heavy atom. The molecule has 0 aliphatic carbocycles. The van der Waals surface area contributed by atoms with Crippen LogP contribution in [0.2, 0.25) is 0 Å². The molecule has 0 spiro atoms. The third-order valence-electron chi connectivity index (χ3n) is 1.83. The van der Waals surface area contributed by atoms with Gasteiger partial charge in [0.1, 0.15) is 5.56 Å². The van der Waals surface area contributed by atoms with Crippen molar-refractivity contribution in [2.24, 2.45) is 0 Å². The average molecular weight is 282 g/mol. The van der Waals surface area contributed by atoms with E-state index in [2.05, 4.69) is 0 Å². The first-order chi connectivity index (χ1) is 7.46. The molecule has 1 aromatic rings. The minimum atomic E-state index is -5.27. The molecule has 0 saturated carbocycles. The van der Waals surface area contributed by atoms with Gasteiger partial charge in [0.25, 0.3) is 0 Å². The standard InChI is InChI=1S/C8H3F8P/c9-5-2(7(11,12)13)1-3(17)4(6(5)10)8(14,15)16/h1H,17H2. The van der Waals surface area contributed by atoms with E-state index in [-0.39, 0.29) is 6.07 Å². The fraction of sp³-hybridized carbons (Fsp3) is 0.250. The van der Waals surface area contributed by atoms with Crippen LogP contribution in [0.4, 0.5) is 35.1 Å². The van der Waals surface area contributed by atoms with E-state index in [0.717, 1.165) is 0 Å². The third-order valence-corrected chi connectivity index (χ3v) is 2.28. The van der Waals surface area contributed by atoms with Crippen molar-refractivity contribution in [3.8, 4) is 0 Å². The van der Waals surface area contributed by atoms with Crippen molar-refractivity contribution in [2.75, 3.05) is 0 Å². The highest BCUT2D eigenvalue weighted by atomic mass is 31.0. The van der Waals surface area contributed by atoms with Crippen LogP contribution >= 0.6 is 9.24 Å². The molecule has 1 rings (SSSR count). The molecule has 0 fully saturated rings. The van der Waals surface area contributed by atoms with E-state index in [9.17, 15) is 35.1 Å². The predicted octanol–water partition coefficient (Wildman–Crippen LogP) is 3.50. The van der Waals surface area contributed by atoms with E-state index in [1.165, 1.54) is 9.24 Å². The van der Waals surface area contributed by atoms with E-state index >= 15 is 0 Å². The van der Waals surface area contributed by atoms with Crippen LogP contribution in [0.25, 0.3) is 0 Å². The number of hydrogen-bond acceptors (Lipinski definition) is 0. The molecule has 0 amide bonds. The van der Waals surface area contributed by atoms with Crippen LogP contribution in [0.1, 0.15) is 11.1 Å². The van der Waals surface area contributed by atoms with Crippen LogP contribution in [0.5, 0.6) is 0 Å². The second-order valence-corrected chi connectivity index (χ2v) is 3.63. The molecule has 0 N–H and O–H groups in total. The van der Waals surface area contributed by atoms with Gasteiger partial charge in [0.2, 0.25) is 0 Å². The molecule has 9 heteroatoms. The highest BCUT2D eigenvalue weighted by Gasteiger charge is 2.42. The van der Waals surface area contributed by atoms with Crippen LogP contribution in [0.15, 0.2) is 6.07 Å². The smallest absolute Gasteiger partial charge is 0.203 e. The van der Waals surface area contributed by atoms with Gasteiger partial charge >= 0.3 is 12.4 Å². The van der Waals surface area contributed by atoms with Gasteiger partial charge in [-0.15, -0.1) is 9.24 Å². The maximum Gasteiger partial charge on any atom is 0.419 e. The molecular weight excluding hydrogens is 279 g/mol. The largest absolute Gasteiger partial charge is 0.419 e. The molecule has 17 heavy (non-hydrogen) atoms. The topological polar surface area (TPSA) is 0 Å². The number of halogens is 8. The van der Waals surface area contributed by atoms with Gasteiger partial charge in [-0.2, -0.15) is 26.3 Å². The minimum Gasteiger partial charge on any atom is -0.203 e. The Morgan fingerprint density at radius 3 is 1.65 bits per heavy atom. The van der Waals surface area contributed by atoms with Crippen LogP contribution in [0, 0.1) is 11.6 Å². The van der Waals surface area contributed by atoms with Crippen LogP contribution in [-0.4, -0.2) is 0 Å². The molecule has 0 nitrogen and oxygen atoms in total. The molecular formula is C8H3F8P. The molecule has 0 aliphatic rings. The summed E-state index contributed by atoms with van der Waals surface area (Å²) in [5.41, 5.74) is -4.14. The zero-order valence-corrected chi connectivity index (χ0v) is 8.83.